The predicted octanol–water partition coefficient (Wildman–Crippen LogP) is 2.61. The van der Waals surface area contributed by atoms with Crippen LogP contribution < -0.4 is 0 Å². The average Bonchev–Trinajstić information content (AvgIpc) is 2.38. The lowest BCUT2D eigenvalue weighted by molar-refractivity contribution is -0.153. The van der Waals surface area contributed by atoms with Gasteiger partial charge in [-0.25, -0.2) is 4.79 Å². The first-order chi connectivity index (χ1) is 8.90. The van der Waals surface area contributed by atoms with Crippen molar-refractivity contribution in [2.75, 3.05) is 13.7 Å². The highest BCUT2D eigenvalue weighted by Gasteiger charge is 2.29. The van der Waals surface area contributed by atoms with Gasteiger partial charge in [0.15, 0.2) is 0 Å². The molecule has 0 saturated heterocycles. The zero-order valence-corrected chi connectivity index (χ0v) is 11.9. The van der Waals surface area contributed by atoms with Crippen LogP contribution in [0.1, 0.15) is 36.7 Å². The molecule has 19 heavy (non-hydrogen) atoms. The van der Waals surface area contributed by atoms with Crippen molar-refractivity contribution in [1.82, 2.24) is 0 Å². The third kappa shape index (κ3) is 4.09. The van der Waals surface area contributed by atoms with E-state index in [0.717, 1.165) is 5.56 Å². The fourth-order valence-corrected chi connectivity index (χ4v) is 1.79. The summed E-state index contributed by atoms with van der Waals surface area (Å²) in [6.45, 7) is 5.86. The third-order valence-electron chi connectivity index (χ3n) is 2.85. The maximum atomic E-state index is 11.8. The number of hydrogen-bond donors (Lipinski definition) is 0. The van der Waals surface area contributed by atoms with Crippen molar-refractivity contribution >= 4 is 11.9 Å². The minimum absolute atomic E-state index is 0.216. The molecule has 0 bridgehead atoms. The molecule has 0 unspecified atom stereocenters. The minimum atomic E-state index is -0.581. The lowest BCUT2D eigenvalue weighted by Gasteiger charge is -2.22. The monoisotopic (exact) mass is 264 g/mol. The summed E-state index contributed by atoms with van der Waals surface area (Å²) >= 11 is 0. The number of carbonyl (C=O) groups is 2. The highest BCUT2D eigenvalue weighted by molar-refractivity contribution is 5.89. The maximum absolute atomic E-state index is 11.8. The SMILES string of the molecule is CCOC(=O)C(C)(C)Cc1ccc(C(=O)OC)cc1. The van der Waals surface area contributed by atoms with Crippen LogP contribution in [0.2, 0.25) is 0 Å². The van der Waals surface area contributed by atoms with Crippen molar-refractivity contribution in [2.24, 2.45) is 5.41 Å². The van der Waals surface area contributed by atoms with Crippen molar-refractivity contribution in [3.8, 4) is 0 Å². The average molecular weight is 264 g/mol. The molecule has 0 heterocycles. The predicted molar refractivity (Wildman–Crippen MR) is 71.9 cm³/mol. The number of rotatable bonds is 5. The van der Waals surface area contributed by atoms with E-state index in [2.05, 4.69) is 4.74 Å². The molecule has 0 N–H and O–H groups in total. The molecule has 0 aromatic heterocycles. The highest BCUT2D eigenvalue weighted by Crippen LogP contribution is 2.24. The second kappa shape index (κ2) is 6.36. The van der Waals surface area contributed by atoms with Gasteiger partial charge in [-0.3, -0.25) is 4.79 Å². The standard InChI is InChI=1S/C15H20O4/c1-5-19-14(17)15(2,3)10-11-6-8-12(9-7-11)13(16)18-4/h6-9H,5,10H2,1-4H3. The Labute approximate surface area is 113 Å². The van der Waals surface area contributed by atoms with E-state index in [1.54, 1.807) is 19.1 Å². The number of hydrogen-bond acceptors (Lipinski definition) is 4. The first-order valence-electron chi connectivity index (χ1n) is 6.25. The minimum Gasteiger partial charge on any atom is -0.466 e. The van der Waals surface area contributed by atoms with Gasteiger partial charge in [-0.1, -0.05) is 12.1 Å². The largest absolute Gasteiger partial charge is 0.466 e. The molecule has 0 atom stereocenters. The molecule has 0 spiro atoms. The van der Waals surface area contributed by atoms with Crippen molar-refractivity contribution in [3.05, 3.63) is 35.4 Å². The van der Waals surface area contributed by atoms with Gasteiger partial charge >= 0.3 is 11.9 Å². The molecule has 4 heteroatoms. The molecule has 104 valence electrons. The summed E-state index contributed by atoms with van der Waals surface area (Å²) in [5, 5.41) is 0. The Morgan fingerprint density at radius 3 is 2.21 bits per heavy atom. The maximum Gasteiger partial charge on any atom is 0.337 e. The Kier molecular flexibility index (Phi) is 5.10. The van der Waals surface area contributed by atoms with E-state index in [1.807, 2.05) is 26.0 Å². The van der Waals surface area contributed by atoms with E-state index in [9.17, 15) is 9.59 Å². The molecule has 0 radical (unpaired) electrons. The Morgan fingerprint density at radius 1 is 1.16 bits per heavy atom. The summed E-state index contributed by atoms with van der Waals surface area (Å²) in [6, 6.07) is 7.05. The van der Waals surface area contributed by atoms with Gasteiger partial charge in [0.05, 0.1) is 24.7 Å². The molecule has 0 amide bonds. The van der Waals surface area contributed by atoms with E-state index >= 15 is 0 Å². The molecule has 0 aliphatic carbocycles. The number of ether oxygens (including phenoxy) is 2. The quantitative estimate of drug-likeness (QED) is 0.767. The Hall–Kier alpha value is -1.84. The molecular formula is C15H20O4. The molecular weight excluding hydrogens is 244 g/mol. The van der Waals surface area contributed by atoms with E-state index in [0.29, 0.717) is 18.6 Å². The van der Waals surface area contributed by atoms with Crippen LogP contribution in [-0.2, 0) is 20.7 Å². The van der Waals surface area contributed by atoms with E-state index in [-0.39, 0.29) is 11.9 Å². The van der Waals surface area contributed by atoms with Gasteiger partial charge in [-0.2, -0.15) is 0 Å². The summed E-state index contributed by atoms with van der Waals surface area (Å²) in [6.07, 6.45) is 0.563. The van der Waals surface area contributed by atoms with Gasteiger partial charge in [0.2, 0.25) is 0 Å². The molecule has 1 aromatic carbocycles. The molecule has 1 rings (SSSR count). The molecule has 0 aliphatic rings. The normalized spacial score (nSPS) is 10.9. The molecule has 0 aliphatic heterocycles. The van der Waals surface area contributed by atoms with Crippen molar-refractivity contribution in [1.29, 1.82) is 0 Å². The fraction of sp³-hybridized carbons (Fsp3) is 0.467. The number of carbonyl (C=O) groups excluding carboxylic acids is 2. The Bertz CT molecular complexity index is 446. The highest BCUT2D eigenvalue weighted by atomic mass is 16.5. The number of esters is 2. The topological polar surface area (TPSA) is 52.6 Å². The summed E-state index contributed by atoms with van der Waals surface area (Å²) < 4.78 is 9.68. The van der Waals surface area contributed by atoms with Gasteiger partial charge in [-0.05, 0) is 44.9 Å². The Morgan fingerprint density at radius 2 is 1.74 bits per heavy atom. The smallest absolute Gasteiger partial charge is 0.337 e. The summed E-state index contributed by atoms with van der Waals surface area (Å²) in [4.78, 5) is 23.1. The van der Waals surface area contributed by atoms with Crippen LogP contribution in [-0.4, -0.2) is 25.7 Å². The summed E-state index contributed by atoms with van der Waals surface area (Å²) in [5.74, 6) is -0.580. The Balaban J connectivity index is 2.77. The van der Waals surface area contributed by atoms with Crippen molar-refractivity contribution in [3.63, 3.8) is 0 Å². The second-order valence-corrected chi connectivity index (χ2v) is 4.97. The molecule has 4 nitrogen and oxygen atoms in total. The number of methoxy groups -OCH3 is 1. The van der Waals surface area contributed by atoms with Crippen LogP contribution in [0.4, 0.5) is 0 Å². The first-order valence-corrected chi connectivity index (χ1v) is 6.25. The number of benzene rings is 1. The zero-order valence-electron chi connectivity index (χ0n) is 11.9. The van der Waals surface area contributed by atoms with Crippen LogP contribution in [0, 0.1) is 5.41 Å². The van der Waals surface area contributed by atoms with Gasteiger partial charge in [0, 0.05) is 0 Å². The van der Waals surface area contributed by atoms with Gasteiger partial charge in [0.25, 0.3) is 0 Å². The van der Waals surface area contributed by atoms with E-state index < -0.39 is 5.41 Å². The fourth-order valence-electron chi connectivity index (χ4n) is 1.79. The van der Waals surface area contributed by atoms with Crippen LogP contribution in [0.5, 0.6) is 0 Å². The van der Waals surface area contributed by atoms with Crippen LogP contribution >= 0.6 is 0 Å². The van der Waals surface area contributed by atoms with E-state index in [1.165, 1.54) is 7.11 Å². The van der Waals surface area contributed by atoms with E-state index in [4.69, 9.17) is 4.74 Å². The van der Waals surface area contributed by atoms with Crippen molar-refractivity contribution < 1.29 is 19.1 Å². The summed E-state index contributed by atoms with van der Waals surface area (Å²) in [5.41, 5.74) is 0.897. The van der Waals surface area contributed by atoms with Gasteiger partial charge in [0.1, 0.15) is 0 Å². The van der Waals surface area contributed by atoms with Crippen LogP contribution in [0.15, 0.2) is 24.3 Å². The van der Waals surface area contributed by atoms with Gasteiger partial charge in [-0.15, -0.1) is 0 Å². The third-order valence-corrected chi connectivity index (χ3v) is 2.85. The zero-order chi connectivity index (χ0) is 14.5. The lowest BCUT2D eigenvalue weighted by atomic mass is 9.85. The van der Waals surface area contributed by atoms with Crippen LogP contribution in [0.25, 0.3) is 0 Å². The molecule has 1 aromatic rings. The van der Waals surface area contributed by atoms with Gasteiger partial charge < -0.3 is 9.47 Å². The van der Waals surface area contributed by atoms with Crippen molar-refractivity contribution in [2.45, 2.75) is 27.2 Å². The second-order valence-electron chi connectivity index (χ2n) is 4.97. The van der Waals surface area contributed by atoms with Crippen LogP contribution in [0.3, 0.4) is 0 Å². The first kappa shape index (κ1) is 15.2. The molecule has 0 saturated carbocycles. The summed E-state index contributed by atoms with van der Waals surface area (Å²) in [7, 11) is 1.35. The lowest BCUT2D eigenvalue weighted by Crippen LogP contribution is -2.29. The molecule has 0 fully saturated rings.